The molecule has 0 spiro atoms. The van der Waals surface area contributed by atoms with Gasteiger partial charge in [-0.1, -0.05) is 71.1 Å². The van der Waals surface area contributed by atoms with Gasteiger partial charge < -0.3 is 54.0 Å². The summed E-state index contributed by atoms with van der Waals surface area (Å²) in [6.45, 7) is 16.5. The molecule has 2 saturated heterocycles. The molecule has 2 amide bonds. The maximum Gasteiger partial charge on any atom is 0.407 e. The molecule has 1 aliphatic carbocycles. The number of ketones is 2. The van der Waals surface area contributed by atoms with Crippen molar-refractivity contribution in [1.29, 1.82) is 0 Å². The van der Waals surface area contributed by atoms with Crippen molar-refractivity contribution in [3.05, 3.63) is 47.6 Å². The normalized spacial score (nSPS) is 37.8. The first-order valence-corrected chi connectivity index (χ1v) is 26.2. The van der Waals surface area contributed by atoms with Gasteiger partial charge in [0.1, 0.15) is 30.5 Å². The zero-order valence-corrected chi connectivity index (χ0v) is 44.7. The van der Waals surface area contributed by atoms with Crippen molar-refractivity contribution >= 4 is 29.5 Å². The second-order valence-corrected chi connectivity index (χ2v) is 21.5. The molecule has 3 aliphatic heterocycles. The first-order valence-electron chi connectivity index (χ1n) is 26.2. The lowest BCUT2D eigenvalue weighted by atomic mass is 9.78. The van der Waals surface area contributed by atoms with E-state index in [0.29, 0.717) is 69.8 Å². The van der Waals surface area contributed by atoms with Crippen molar-refractivity contribution in [1.82, 2.24) is 10.2 Å². The van der Waals surface area contributed by atoms with Crippen LogP contribution < -0.4 is 5.32 Å². The highest BCUT2D eigenvalue weighted by Gasteiger charge is 2.53. The number of esters is 1. The molecule has 3 heterocycles. The number of Topliss-reactive ketones (excluding diaryl/α,β-unsaturated/α-hetero) is 2. The number of carbonyl (C=O) groups is 5. The second kappa shape index (κ2) is 28.1. The van der Waals surface area contributed by atoms with E-state index in [1.165, 1.54) is 12.0 Å². The van der Waals surface area contributed by atoms with Crippen LogP contribution in [0.2, 0.25) is 0 Å². The summed E-state index contributed by atoms with van der Waals surface area (Å²) in [6, 6.07) is -1.42. The number of ether oxygens (including phenoxy) is 6. The topological polar surface area (TPSA) is 217 Å². The monoisotopic (exact) mass is 1000 g/mol. The van der Waals surface area contributed by atoms with E-state index in [0.717, 1.165) is 5.57 Å². The standard InChI is InChI=1S/C55H88N2O14/c1-32(2)56-54(64)70-46-31-45(36(6)28-40-22-24-43(58)47(29-40)67-11)69-53(63)42-20-16-17-25-57(42)52(62)51(61)55(65)39(9)21-23-41(71-55)30-44(66-10)34(4)19-15-13-14-18-33(3)26-37(7)48(59)50(68-12)49(60)38(8)27-35(46)5/h13-15,18-19,27,32-33,35-37,39-47,49-50,58,60,65H,16-17,20-26,28-31H2,1-12H3,(H,56,64)/b15-13?,18-14+,34-19?,38-27+/t33?,35-,36-,37?,39-,40?,41+,42?,43-,44+,45?,46-,47-,49?,50+,55-/m1/s1. The fourth-order valence-electron chi connectivity index (χ4n) is 10.8. The number of alkyl carbamates (subject to hydrolysis) is 1. The maximum absolute atomic E-state index is 14.7. The molecule has 4 rings (SSSR count). The Morgan fingerprint density at radius 2 is 1.56 bits per heavy atom. The Morgan fingerprint density at radius 1 is 0.845 bits per heavy atom. The Morgan fingerprint density at radius 3 is 2.23 bits per heavy atom. The first-order chi connectivity index (χ1) is 33.5. The van der Waals surface area contributed by atoms with Crippen LogP contribution in [0.5, 0.6) is 0 Å². The van der Waals surface area contributed by atoms with Gasteiger partial charge in [-0.3, -0.25) is 14.4 Å². The second-order valence-electron chi connectivity index (χ2n) is 21.5. The van der Waals surface area contributed by atoms with Crippen molar-refractivity contribution in [3.63, 3.8) is 0 Å². The number of aliphatic hydroxyl groups is 3. The number of nitrogens with one attached hydrogen (secondary N) is 1. The third-order valence-electron chi connectivity index (χ3n) is 15.3. The molecule has 4 aliphatic rings. The van der Waals surface area contributed by atoms with Gasteiger partial charge in [-0.2, -0.15) is 0 Å². The molecule has 16 nitrogen and oxygen atoms in total. The van der Waals surface area contributed by atoms with Crippen LogP contribution in [0.4, 0.5) is 4.79 Å². The van der Waals surface area contributed by atoms with Gasteiger partial charge in [0.15, 0.2) is 5.78 Å². The Balaban J connectivity index is 1.80. The molecule has 16 atom stereocenters. The van der Waals surface area contributed by atoms with Crippen molar-refractivity contribution < 1.29 is 67.7 Å². The Hall–Kier alpha value is -3.77. The summed E-state index contributed by atoms with van der Waals surface area (Å²) in [4.78, 5) is 72.1. The van der Waals surface area contributed by atoms with Crippen LogP contribution in [0, 0.1) is 35.5 Å². The summed E-state index contributed by atoms with van der Waals surface area (Å²) in [7, 11) is 4.54. The summed E-state index contributed by atoms with van der Waals surface area (Å²) in [5.41, 5.74) is 1.29. The zero-order chi connectivity index (χ0) is 52.7. The minimum atomic E-state index is -2.45. The van der Waals surface area contributed by atoms with E-state index in [1.807, 2.05) is 65.0 Å². The third kappa shape index (κ3) is 16.6. The summed E-state index contributed by atoms with van der Waals surface area (Å²) in [5, 5.41) is 37.2. The molecule has 71 heavy (non-hydrogen) atoms. The highest BCUT2D eigenvalue weighted by molar-refractivity contribution is 6.39. The van der Waals surface area contributed by atoms with Crippen LogP contribution in [0.25, 0.3) is 0 Å². The molecule has 0 aromatic rings. The molecule has 4 N–H and O–H groups in total. The van der Waals surface area contributed by atoms with Gasteiger partial charge in [0.25, 0.3) is 11.7 Å². The van der Waals surface area contributed by atoms with Crippen molar-refractivity contribution in [3.8, 4) is 0 Å². The lowest BCUT2D eigenvalue weighted by Crippen LogP contribution is -2.61. The fraction of sp³-hybridized carbons (Fsp3) is 0.764. The van der Waals surface area contributed by atoms with Gasteiger partial charge in [0, 0.05) is 64.5 Å². The first kappa shape index (κ1) is 59.8. The number of hydrogen-bond donors (Lipinski definition) is 4. The zero-order valence-electron chi connectivity index (χ0n) is 44.7. The number of piperidine rings is 1. The summed E-state index contributed by atoms with van der Waals surface area (Å²) in [5.74, 6) is -7.63. The van der Waals surface area contributed by atoms with Crippen LogP contribution in [0.15, 0.2) is 47.6 Å². The number of methoxy groups -OCH3 is 3. The predicted octanol–water partition coefficient (Wildman–Crippen LogP) is 7.11. The Bertz CT molecular complexity index is 1900. The quantitative estimate of drug-likeness (QED) is 0.108. The SMILES string of the molecule is CO[C@H]1C[C@@H]2CC[C@@H](C)[C@@](O)(O2)C(=O)C(=O)N2CCCCC2C(=O)OC([C@H](C)CC2CC[C@@H](O)[C@H](OC)C2)C[C@@H](OC(=O)NC(C)C)[C@H](C)/C=C(\C)C(O)[C@@H](OC)C(=O)C(C)CC(C)/C=C/C=CC=C1C. The lowest BCUT2D eigenvalue weighted by Gasteiger charge is -2.43. The van der Waals surface area contributed by atoms with Crippen LogP contribution in [-0.4, -0.2) is 144 Å². The number of hydrogen-bond acceptors (Lipinski definition) is 14. The average molecular weight is 1000 g/mol. The van der Waals surface area contributed by atoms with Crippen LogP contribution in [-0.2, 0) is 47.6 Å². The maximum atomic E-state index is 14.7. The van der Waals surface area contributed by atoms with E-state index in [-0.39, 0.29) is 55.1 Å². The van der Waals surface area contributed by atoms with Crippen LogP contribution in [0.1, 0.15) is 139 Å². The highest BCUT2D eigenvalue weighted by Crippen LogP contribution is 2.38. The molecule has 3 fully saturated rings. The lowest BCUT2D eigenvalue weighted by molar-refractivity contribution is -0.265. The number of carbonyl (C=O) groups excluding carboxylic acids is 5. The minimum absolute atomic E-state index is 0.00289. The largest absolute Gasteiger partial charge is 0.460 e. The van der Waals surface area contributed by atoms with Crippen LogP contribution in [0.3, 0.4) is 0 Å². The predicted molar refractivity (Wildman–Crippen MR) is 269 cm³/mol. The van der Waals surface area contributed by atoms with E-state index in [9.17, 15) is 39.3 Å². The average Bonchev–Trinajstić information content (AvgIpc) is 3.33. The van der Waals surface area contributed by atoms with Crippen molar-refractivity contribution in [2.75, 3.05) is 27.9 Å². The minimum Gasteiger partial charge on any atom is -0.460 e. The fourth-order valence-corrected chi connectivity index (χ4v) is 10.8. The molecular weight excluding hydrogens is 913 g/mol. The van der Waals surface area contributed by atoms with Crippen molar-refractivity contribution in [2.24, 2.45) is 35.5 Å². The Kier molecular flexibility index (Phi) is 23.6. The van der Waals surface area contributed by atoms with Gasteiger partial charge in [0.05, 0.1) is 24.4 Å². The van der Waals surface area contributed by atoms with Gasteiger partial charge in [0.2, 0.25) is 5.79 Å². The van der Waals surface area contributed by atoms with Gasteiger partial charge >= 0.3 is 12.1 Å². The molecule has 0 radical (unpaired) electrons. The number of nitrogens with zero attached hydrogens (tertiary/aromatic N) is 1. The summed E-state index contributed by atoms with van der Waals surface area (Å²) < 4.78 is 36.0. The van der Waals surface area contributed by atoms with Gasteiger partial charge in [-0.25, -0.2) is 9.59 Å². The molecule has 1 saturated carbocycles. The number of cyclic esters (lactones) is 1. The highest BCUT2D eigenvalue weighted by atomic mass is 16.6. The number of rotatable bonds is 8. The van der Waals surface area contributed by atoms with E-state index >= 15 is 0 Å². The number of amides is 2. The smallest absolute Gasteiger partial charge is 0.407 e. The van der Waals surface area contributed by atoms with Gasteiger partial charge in [-0.05, 0) is 121 Å². The molecule has 0 aromatic heterocycles. The summed E-state index contributed by atoms with van der Waals surface area (Å²) in [6.07, 6.45) is 9.70. The number of fused-ring (bicyclic) bond motifs is 3. The molecule has 16 heteroatoms. The molecular formula is C55H88N2O14. The number of aliphatic hydroxyl groups excluding tert-OH is 2. The van der Waals surface area contributed by atoms with Gasteiger partial charge in [-0.15, -0.1) is 0 Å². The van der Waals surface area contributed by atoms with E-state index in [2.05, 4.69) is 5.32 Å². The Labute approximate surface area is 423 Å². The molecule has 2 bridgehead atoms. The summed E-state index contributed by atoms with van der Waals surface area (Å²) >= 11 is 0. The third-order valence-corrected chi connectivity index (χ3v) is 15.3. The number of allylic oxidation sites excluding steroid dienone is 5. The van der Waals surface area contributed by atoms with E-state index in [4.69, 9.17) is 28.4 Å². The molecule has 402 valence electrons. The molecule has 6 unspecified atom stereocenters. The van der Waals surface area contributed by atoms with Crippen molar-refractivity contribution in [2.45, 2.75) is 206 Å². The van der Waals surface area contributed by atoms with E-state index in [1.54, 1.807) is 48.0 Å². The molecule has 0 aromatic carbocycles. The van der Waals surface area contributed by atoms with Crippen LogP contribution >= 0.6 is 0 Å². The van der Waals surface area contributed by atoms with E-state index < -0.39 is 96.1 Å².